The lowest BCUT2D eigenvalue weighted by Crippen LogP contribution is -2.41. The number of ether oxygens (including phenoxy) is 1. The highest BCUT2D eigenvalue weighted by Gasteiger charge is 2.27. The fourth-order valence-corrected chi connectivity index (χ4v) is 2.84. The van der Waals surface area contributed by atoms with E-state index in [1.54, 1.807) is 17.9 Å². The third-order valence-corrected chi connectivity index (χ3v) is 4.16. The lowest BCUT2D eigenvalue weighted by molar-refractivity contribution is -0.384. The number of aryl methyl sites for hydroxylation is 1. The SMILES string of the molecule is Cc1cc(C(=O)N2CCC(OCCCN)CC2)c(N)c([N+](=O)[O-])c1.Cl. The number of nitro groups is 1. The molecule has 1 heterocycles. The standard InChI is InChI=1S/C16H24N4O4.ClH/c1-11-9-13(15(18)14(10-11)20(22)23)16(21)19-6-3-12(4-7-19)24-8-2-5-17;/h9-10,12H,2-8,17-18H2,1H3;1H. The molecule has 1 aliphatic rings. The van der Waals surface area contributed by atoms with Crippen LogP contribution < -0.4 is 11.5 Å². The fourth-order valence-electron chi connectivity index (χ4n) is 2.84. The second-order valence-corrected chi connectivity index (χ2v) is 6.01. The van der Waals surface area contributed by atoms with E-state index in [9.17, 15) is 14.9 Å². The maximum atomic E-state index is 12.7. The van der Waals surface area contributed by atoms with Gasteiger partial charge in [0.2, 0.25) is 0 Å². The molecule has 0 aromatic heterocycles. The van der Waals surface area contributed by atoms with Crippen LogP contribution in [0.5, 0.6) is 0 Å². The Balaban J connectivity index is 0.00000312. The van der Waals surface area contributed by atoms with Crippen LogP contribution in [0.1, 0.15) is 35.2 Å². The summed E-state index contributed by atoms with van der Waals surface area (Å²) in [5.74, 6) is -0.264. The summed E-state index contributed by atoms with van der Waals surface area (Å²) in [6, 6.07) is 2.98. The lowest BCUT2D eigenvalue weighted by Gasteiger charge is -2.32. The molecule has 4 N–H and O–H groups in total. The number of nitro benzene ring substituents is 1. The van der Waals surface area contributed by atoms with E-state index in [0.717, 1.165) is 19.3 Å². The fraction of sp³-hybridized carbons (Fsp3) is 0.562. The molecule has 8 nitrogen and oxygen atoms in total. The molecule has 0 atom stereocenters. The van der Waals surface area contributed by atoms with Gasteiger partial charge in [-0.2, -0.15) is 0 Å². The molecule has 1 aromatic rings. The van der Waals surface area contributed by atoms with Gasteiger partial charge in [-0.25, -0.2) is 0 Å². The van der Waals surface area contributed by atoms with Crippen molar-refractivity contribution in [2.75, 3.05) is 32.0 Å². The van der Waals surface area contributed by atoms with E-state index in [1.165, 1.54) is 6.07 Å². The molecule has 1 saturated heterocycles. The van der Waals surface area contributed by atoms with Gasteiger partial charge in [0.15, 0.2) is 0 Å². The molecule has 1 fully saturated rings. The number of rotatable bonds is 6. The smallest absolute Gasteiger partial charge is 0.293 e. The van der Waals surface area contributed by atoms with Crippen molar-refractivity contribution < 1.29 is 14.5 Å². The topological polar surface area (TPSA) is 125 Å². The molecule has 0 radical (unpaired) electrons. The number of halogens is 1. The van der Waals surface area contributed by atoms with E-state index < -0.39 is 4.92 Å². The predicted octanol–water partition coefficient (Wildman–Crippen LogP) is 1.88. The largest absolute Gasteiger partial charge is 0.393 e. The quantitative estimate of drug-likeness (QED) is 0.340. The second kappa shape index (κ2) is 9.55. The summed E-state index contributed by atoms with van der Waals surface area (Å²) in [7, 11) is 0. The Morgan fingerprint density at radius 1 is 1.40 bits per heavy atom. The van der Waals surface area contributed by atoms with Crippen LogP contribution in [0.4, 0.5) is 11.4 Å². The van der Waals surface area contributed by atoms with Crippen molar-refractivity contribution in [2.24, 2.45) is 5.73 Å². The third-order valence-electron chi connectivity index (χ3n) is 4.16. The van der Waals surface area contributed by atoms with Crippen LogP contribution in [0.2, 0.25) is 0 Å². The zero-order valence-electron chi connectivity index (χ0n) is 14.3. The first-order valence-electron chi connectivity index (χ1n) is 8.09. The summed E-state index contributed by atoms with van der Waals surface area (Å²) in [6.07, 6.45) is 2.43. The average Bonchev–Trinajstić information content (AvgIpc) is 2.56. The van der Waals surface area contributed by atoms with Crippen molar-refractivity contribution in [3.63, 3.8) is 0 Å². The van der Waals surface area contributed by atoms with Gasteiger partial charge in [-0.15, -0.1) is 12.4 Å². The molecule has 1 aliphatic heterocycles. The molecule has 1 aromatic carbocycles. The van der Waals surface area contributed by atoms with Gasteiger partial charge in [0, 0.05) is 25.8 Å². The maximum Gasteiger partial charge on any atom is 0.293 e. The van der Waals surface area contributed by atoms with Gasteiger partial charge in [0.25, 0.3) is 11.6 Å². The zero-order chi connectivity index (χ0) is 17.7. The first-order chi connectivity index (χ1) is 11.4. The number of nitrogen functional groups attached to an aromatic ring is 1. The summed E-state index contributed by atoms with van der Waals surface area (Å²) >= 11 is 0. The molecular formula is C16H25ClN4O4. The number of benzene rings is 1. The Hall–Kier alpha value is -1.90. The molecular weight excluding hydrogens is 348 g/mol. The highest BCUT2D eigenvalue weighted by atomic mass is 35.5. The normalized spacial score (nSPS) is 14.9. The van der Waals surface area contributed by atoms with E-state index >= 15 is 0 Å². The molecule has 1 amide bonds. The number of nitrogens with two attached hydrogens (primary N) is 2. The van der Waals surface area contributed by atoms with Gasteiger partial charge in [0.1, 0.15) is 5.69 Å². The van der Waals surface area contributed by atoms with E-state index in [-0.39, 0.29) is 41.4 Å². The van der Waals surface area contributed by atoms with E-state index in [0.29, 0.717) is 31.8 Å². The number of hydrogen-bond donors (Lipinski definition) is 2. The van der Waals surface area contributed by atoms with Crippen molar-refractivity contribution >= 4 is 29.7 Å². The van der Waals surface area contributed by atoms with Crippen LogP contribution in [0.25, 0.3) is 0 Å². The summed E-state index contributed by atoms with van der Waals surface area (Å²) in [6.45, 7) is 4.04. The number of piperidine rings is 1. The van der Waals surface area contributed by atoms with Gasteiger partial charge >= 0.3 is 0 Å². The Kier molecular flexibility index (Phi) is 8.08. The van der Waals surface area contributed by atoms with Crippen molar-refractivity contribution in [3.05, 3.63) is 33.4 Å². The highest BCUT2D eigenvalue weighted by molar-refractivity contribution is 6.01. The highest BCUT2D eigenvalue weighted by Crippen LogP contribution is 2.29. The molecule has 0 bridgehead atoms. The Bertz CT molecular complexity index is 618. The van der Waals surface area contributed by atoms with E-state index in [4.69, 9.17) is 16.2 Å². The van der Waals surface area contributed by atoms with Crippen LogP contribution >= 0.6 is 12.4 Å². The van der Waals surface area contributed by atoms with Crippen LogP contribution in [0.3, 0.4) is 0 Å². The van der Waals surface area contributed by atoms with Crippen molar-refractivity contribution in [1.82, 2.24) is 4.90 Å². The Labute approximate surface area is 153 Å². The summed E-state index contributed by atoms with van der Waals surface area (Å²) in [5.41, 5.74) is 11.8. The molecule has 140 valence electrons. The number of nitrogens with zero attached hydrogens (tertiary/aromatic N) is 2. The van der Waals surface area contributed by atoms with Crippen LogP contribution in [0, 0.1) is 17.0 Å². The number of carbonyl (C=O) groups excluding carboxylic acids is 1. The molecule has 0 spiro atoms. The maximum absolute atomic E-state index is 12.7. The number of anilines is 1. The third kappa shape index (κ3) is 5.29. The molecule has 25 heavy (non-hydrogen) atoms. The first-order valence-corrected chi connectivity index (χ1v) is 8.09. The monoisotopic (exact) mass is 372 g/mol. The molecule has 2 rings (SSSR count). The van der Waals surface area contributed by atoms with Gasteiger partial charge in [-0.05, 0) is 44.4 Å². The number of carbonyl (C=O) groups is 1. The van der Waals surface area contributed by atoms with Crippen molar-refractivity contribution in [1.29, 1.82) is 0 Å². The predicted molar refractivity (Wildman–Crippen MR) is 98.0 cm³/mol. The van der Waals surface area contributed by atoms with Crippen molar-refractivity contribution in [2.45, 2.75) is 32.3 Å². The van der Waals surface area contributed by atoms with E-state index in [1.807, 2.05) is 0 Å². The van der Waals surface area contributed by atoms with Gasteiger partial charge < -0.3 is 21.1 Å². The minimum atomic E-state index is -0.559. The number of hydrogen-bond acceptors (Lipinski definition) is 6. The van der Waals surface area contributed by atoms with Gasteiger partial charge in [0.05, 0.1) is 16.6 Å². The average molecular weight is 373 g/mol. The summed E-state index contributed by atoms with van der Waals surface area (Å²) < 4.78 is 5.72. The second-order valence-electron chi connectivity index (χ2n) is 6.01. The number of amides is 1. The molecule has 0 aliphatic carbocycles. The van der Waals surface area contributed by atoms with Crippen LogP contribution in [-0.2, 0) is 4.74 Å². The zero-order valence-corrected chi connectivity index (χ0v) is 15.1. The molecule has 9 heteroatoms. The molecule has 0 unspecified atom stereocenters. The lowest BCUT2D eigenvalue weighted by atomic mass is 10.0. The van der Waals surface area contributed by atoms with Gasteiger partial charge in [-0.3, -0.25) is 14.9 Å². The van der Waals surface area contributed by atoms with Crippen LogP contribution in [-0.4, -0.2) is 48.1 Å². The minimum absolute atomic E-state index is 0. The van der Waals surface area contributed by atoms with E-state index in [2.05, 4.69) is 0 Å². The van der Waals surface area contributed by atoms with Crippen LogP contribution in [0.15, 0.2) is 12.1 Å². The number of likely N-dealkylation sites (tertiary alicyclic amines) is 1. The minimum Gasteiger partial charge on any atom is -0.393 e. The summed E-state index contributed by atoms with van der Waals surface area (Å²) in [4.78, 5) is 24.9. The first kappa shape index (κ1) is 21.1. The Morgan fingerprint density at radius 3 is 2.60 bits per heavy atom. The molecule has 0 saturated carbocycles. The summed E-state index contributed by atoms with van der Waals surface area (Å²) in [5, 5.41) is 11.1. The Morgan fingerprint density at radius 2 is 2.04 bits per heavy atom. The van der Waals surface area contributed by atoms with Crippen molar-refractivity contribution in [3.8, 4) is 0 Å². The van der Waals surface area contributed by atoms with Gasteiger partial charge in [-0.1, -0.05) is 0 Å².